The third-order valence-electron chi connectivity index (χ3n) is 5.36. The molecule has 0 amide bonds. The first kappa shape index (κ1) is 21.4. The minimum Gasteiger partial charge on any atom is -0.497 e. The highest BCUT2D eigenvalue weighted by molar-refractivity contribution is 6.31. The highest BCUT2D eigenvalue weighted by atomic mass is 35.5. The van der Waals surface area contributed by atoms with Gasteiger partial charge >= 0.3 is 0 Å². The van der Waals surface area contributed by atoms with Gasteiger partial charge in [0.1, 0.15) is 5.75 Å². The number of nitrogens with zero attached hydrogens (tertiary/aromatic N) is 2. The molecule has 5 nitrogen and oxygen atoms in total. The van der Waals surface area contributed by atoms with Gasteiger partial charge in [0.2, 0.25) is 0 Å². The summed E-state index contributed by atoms with van der Waals surface area (Å²) in [7, 11) is 5.67. The Hall–Kier alpha value is -2.86. The Morgan fingerprint density at radius 2 is 1.77 bits per heavy atom. The van der Waals surface area contributed by atoms with Crippen LogP contribution in [0.5, 0.6) is 5.75 Å². The molecule has 4 aromatic rings. The van der Waals surface area contributed by atoms with Crippen LogP contribution in [-0.2, 0) is 0 Å². The van der Waals surface area contributed by atoms with Crippen LogP contribution in [0.15, 0.2) is 60.7 Å². The van der Waals surface area contributed by atoms with Crippen molar-refractivity contribution in [3.63, 3.8) is 0 Å². The number of aliphatic hydroxyl groups excluding tert-OH is 1. The second-order valence-corrected chi connectivity index (χ2v) is 8.32. The van der Waals surface area contributed by atoms with E-state index in [1.807, 2.05) is 74.8 Å². The summed E-state index contributed by atoms with van der Waals surface area (Å²) in [6.45, 7) is 0.834. The second kappa shape index (κ2) is 9.10. The molecule has 3 aromatic carbocycles. The molecule has 0 radical (unpaired) electrons. The van der Waals surface area contributed by atoms with Crippen molar-refractivity contribution >= 4 is 44.8 Å². The van der Waals surface area contributed by atoms with E-state index in [4.69, 9.17) is 21.3 Å². The number of rotatable bonds is 7. The third-order valence-corrected chi connectivity index (χ3v) is 5.59. The first-order valence-electron chi connectivity index (χ1n) is 10.2. The van der Waals surface area contributed by atoms with E-state index in [1.54, 1.807) is 7.11 Å². The van der Waals surface area contributed by atoms with E-state index in [2.05, 4.69) is 10.2 Å². The maximum Gasteiger partial charge on any atom is 0.119 e. The summed E-state index contributed by atoms with van der Waals surface area (Å²) in [5, 5.41) is 16.6. The van der Waals surface area contributed by atoms with E-state index in [-0.39, 0.29) is 0 Å². The molecule has 0 spiro atoms. The SMILES string of the molecule is COc1ccc2nc3cc(Cl)ccc3c(Nc3ccc([C@@H](O)CCN(C)C)cc3)c2c1. The zero-order chi connectivity index (χ0) is 22.0. The van der Waals surface area contributed by atoms with Gasteiger partial charge in [-0.15, -0.1) is 0 Å². The molecule has 6 heteroatoms. The lowest BCUT2D eigenvalue weighted by molar-refractivity contribution is 0.154. The van der Waals surface area contributed by atoms with Gasteiger partial charge in [-0.25, -0.2) is 4.98 Å². The average molecular weight is 436 g/mol. The van der Waals surface area contributed by atoms with E-state index >= 15 is 0 Å². The topological polar surface area (TPSA) is 57.6 Å². The maximum atomic E-state index is 10.4. The van der Waals surface area contributed by atoms with Gasteiger partial charge < -0.3 is 20.1 Å². The van der Waals surface area contributed by atoms with E-state index in [0.29, 0.717) is 11.4 Å². The number of hydrogen-bond acceptors (Lipinski definition) is 5. The van der Waals surface area contributed by atoms with Crippen molar-refractivity contribution < 1.29 is 9.84 Å². The van der Waals surface area contributed by atoms with Crippen LogP contribution in [0.1, 0.15) is 18.1 Å². The number of pyridine rings is 1. The van der Waals surface area contributed by atoms with Gasteiger partial charge in [-0.05, 0) is 74.6 Å². The summed E-state index contributed by atoms with van der Waals surface area (Å²) >= 11 is 6.22. The summed E-state index contributed by atoms with van der Waals surface area (Å²) in [6.07, 6.45) is 0.213. The normalized spacial score (nSPS) is 12.5. The summed E-state index contributed by atoms with van der Waals surface area (Å²) in [6, 6.07) is 19.5. The Kier molecular flexibility index (Phi) is 6.28. The van der Waals surface area contributed by atoms with Gasteiger partial charge in [0.05, 0.1) is 29.9 Å². The molecule has 0 saturated carbocycles. The largest absolute Gasteiger partial charge is 0.497 e. The van der Waals surface area contributed by atoms with Gasteiger partial charge in [-0.3, -0.25) is 0 Å². The second-order valence-electron chi connectivity index (χ2n) is 7.89. The van der Waals surface area contributed by atoms with Crippen LogP contribution in [0, 0.1) is 0 Å². The predicted octanol–water partition coefficient (Wildman–Crippen LogP) is 5.78. The lowest BCUT2D eigenvalue weighted by Gasteiger charge is -2.17. The molecule has 2 N–H and O–H groups in total. The van der Waals surface area contributed by atoms with E-state index in [0.717, 1.165) is 51.0 Å². The van der Waals surface area contributed by atoms with Gasteiger partial charge in [0.15, 0.2) is 0 Å². The standard InChI is InChI=1S/C25H26ClN3O2/c1-29(2)13-12-24(30)16-4-7-18(8-5-16)27-25-20-10-6-17(26)14-23(20)28-22-11-9-19(31-3)15-21(22)25/h4-11,14-15,24,30H,12-13H2,1-3H3,(H,27,28)/t24-/m0/s1. The van der Waals surface area contributed by atoms with Crippen molar-refractivity contribution in [3.05, 3.63) is 71.2 Å². The number of anilines is 2. The highest BCUT2D eigenvalue weighted by Gasteiger charge is 2.12. The van der Waals surface area contributed by atoms with Gasteiger partial charge in [0.25, 0.3) is 0 Å². The fourth-order valence-corrected chi connectivity index (χ4v) is 3.80. The number of methoxy groups -OCH3 is 1. The summed E-state index contributed by atoms with van der Waals surface area (Å²) < 4.78 is 5.43. The monoisotopic (exact) mass is 435 g/mol. The molecule has 160 valence electrons. The summed E-state index contributed by atoms with van der Waals surface area (Å²) in [5.74, 6) is 0.769. The van der Waals surface area contributed by atoms with Crippen molar-refractivity contribution in [1.29, 1.82) is 0 Å². The Labute approximate surface area is 187 Å². The first-order valence-corrected chi connectivity index (χ1v) is 10.6. The summed E-state index contributed by atoms with van der Waals surface area (Å²) in [5.41, 5.74) is 4.45. The van der Waals surface area contributed by atoms with Crippen LogP contribution in [0.4, 0.5) is 11.4 Å². The smallest absolute Gasteiger partial charge is 0.119 e. The number of nitrogens with one attached hydrogen (secondary N) is 1. The minimum absolute atomic E-state index is 0.481. The molecule has 4 rings (SSSR count). The molecule has 0 aliphatic rings. The number of ether oxygens (including phenoxy) is 1. The molecule has 31 heavy (non-hydrogen) atoms. The van der Waals surface area contributed by atoms with E-state index in [9.17, 15) is 5.11 Å². The number of halogens is 1. The fraction of sp³-hybridized carbons (Fsp3) is 0.240. The van der Waals surface area contributed by atoms with Crippen LogP contribution >= 0.6 is 11.6 Å². The number of aromatic nitrogens is 1. The Morgan fingerprint density at radius 1 is 1.00 bits per heavy atom. The van der Waals surface area contributed by atoms with Gasteiger partial charge in [-0.2, -0.15) is 0 Å². The molecule has 0 unspecified atom stereocenters. The fourth-order valence-electron chi connectivity index (χ4n) is 3.64. The average Bonchev–Trinajstić information content (AvgIpc) is 2.77. The van der Waals surface area contributed by atoms with E-state index in [1.165, 1.54) is 0 Å². The van der Waals surface area contributed by atoms with Gasteiger partial charge in [-0.1, -0.05) is 23.7 Å². The minimum atomic E-state index is -0.481. The van der Waals surface area contributed by atoms with Crippen molar-refractivity contribution in [1.82, 2.24) is 9.88 Å². The van der Waals surface area contributed by atoms with Crippen molar-refractivity contribution in [2.24, 2.45) is 0 Å². The number of benzene rings is 3. The van der Waals surface area contributed by atoms with E-state index < -0.39 is 6.10 Å². The van der Waals surface area contributed by atoms with Crippen LogP contribution in [0.3, 0.4) is 0 Å². The van der Waals surface area contributed by atoms with Gasteiger partial charge in [0, 0.05) is 28.0 Å². The lowest BCUT2D eigenvalue weighted by Crippen LogP contribution is -2.15. The Balaban J connectivity index is 1.72. The number of fused-ring (bicyclic) bond motifs is 2. The Bertz CT molecular complexity index is 1210. The predicted molar refractivity (Wildman–Crippen MR) is 129 cm³/mol. The molecular weight excluding hydrogens is 410 g/mol. The lowest BCUT2D eigenvalue weighted by atomic mass is 10.0. The molecule has 0 fully saturated rings. The summed E-state index contributed by atoms with van der Waals surface area (Å²) in [4.78, 5) is 6.84. The molecule has 0 aliphatic heterocycles. The zero-order valence-electron chi connectivity index (χ0n) is 17.9. The molecular formula is C25H26ClN3O2. The molecule has 0 aliphatic carbocycles. The van der Waals surface area contributed by atoms with Crippen LogP contribution < -0.4 is 10.1 Å². The zero-order valence-corrected chi connectivity index (χ0v) is 18.6. The van der Waals surface area contributed by atoms with Crippen molar-refractivity contribution in [2.45, 2.75) is 12.5 Å². The van der Waals surface area contributed by atoms with Crippen LogP contribution in [0.25, 0.3) is 21.8 Å². The number of aliphatic hydroxyl groups is 1. The quantitative estimate of drug-likeness (QED) is 0.360. The van der Waals surface area contributed by atoms with Crippen molar-refractivity contribution in [3.8, 4) is 5.75 Å². The maximum absolute atomic E-state index is 10.4. The van der Waals surface area contributed by atoms with Crippen LogP contribution in [-0.4, -0.2) is 42.7 Å². The molecule has 1 heterocycles. The first-order chi connectivity index (χ1) is 14.9. The third kappa shape index (κ3) is 4.74. The molecule has 0 bridgehead atoms. The molecule has 0 saturated heterocycles. The molecule has 1 aromatic heterocycles. The van der Waals surface area contributed by atoms with Crippen molar-refractivity contribution in [2.75, 3.05) is 33.1 Å². The van der Waals surface area contributed by atoms with Crippen LogP contribution in [0.2, 0.25) is 5.02 Å². The molecule has 1 atom stereocenters. The number of hydrogen-bond donors (Lipinski definition) is 2. The Morgan fingerprint density at radius 3 is 2.48 bits per heavy atom. The highest BCUT2D eigenvalue weighted by Crippen LogP contribution is 2.36.